The number of anilines is 1. The Morgan fingerprint density at radius 3 is 3.11 bits per heavy atom. The Labute approximate surface area is 152 Å². The second kappa shape index (κ2) is 5.72. The van der Waals surface area contributed by atoms with Crippen LogP contribution >= 0.6 is 0 Å². The summed E-state index contributed by atoms with van der Waals surface area (Å²) in [5.41, 5.74) is 10.2. The molecule has 0 bridgehead atoms. The van der Waals surface area contributed by atoms with Crippen molar-refractivity contribution in [3.8, 4) is 17.2 Å². The highest BCUT2D eigenvalue weighted by Gasteiger charge is 2.62. The minimum Gasteiger partial charge on any atom is -0.489 e. The number of carbonyl (C=O) groups is 2. The number of hydrogen-bond acceptors (Lipinski definition) is 5. The number of ether oxygens (including phenoxy) is 2. The molecule has 2 amide bonds. The summed E-state index contributed by atoms with van der Waals surface area (Å²) in [7, 11) is 0. The van der Waals surface area contributed by atoms with Crippen LogP contribution < -0.4 is 14.8 Å². The lowest BCUT2D eigenvalue weighted by Crippen LogP contribution is -2.20. The van der Waals surface area contributed by atoms with Gasteiger partial charge in [-0.1, -0.05) is 0 Å². The number of hydrogen-bond donors (Lipinski definition) is 1. The molecule has 0 spiro atoms. The molecule has 2 aromatic rings. The first kappa shape index (κ1) is 15.7. The molecule has 3 heterocycles. The summed E-state index contributed by atoms with van der Waals surface area (Å²) in [6, 6.07) is 7.20. The molecule has 9 heteroatoms. The monoisotopic (exact) mass is 363 g/mol. The van der Waals surface area contributed by atoms with E-state index >= 15 is 0 Å². The zero-order valence-corrected chi connectivity index (χ0v) is 14.0. The Kier molecular flexibility index (Phi) is 3.32. The van der Waals surface area contributed by atoms with Crippen LogP contribution in [-0.2, 0) is 16.0 Å². The van der Waals surface area contributed by atoms with E-state index in [2.05, 4.69) is 20.3 Å². The summed E-state index contributed by atoms with van der Waals surface area (Å²) in [6.45, 7) is 0. The van der Waals surface area contributed by atoms with Crippen molar-refractivity contribution in [2.24, 2.45) is 11.0 Å². The van der Waals surface area contributed by atoms with E-state index in [1.54, 1.807) is 24.4 Å². The molecule has 0 unspecified atom stereocenters. The van der Waals surface area contributed by atoms with Gasteiger partial charge in [-0.05, 0) is 41.3 Å². The summed E-state index contributed by atoms with van der Waals surface area (Å²) in [5, 5.41) is 5.92. The second-order valence-electron chi connectivity index (χ2n) is 6.65. The molecule has 1 aromatic heterocycles. The predicted octanol–water partition coefficient (Wildman–Crippen LogP) is 3.07. The van der Waals surface area contributed by atoms with Crippen molar-refractivity contribution in [1.82, 2.24) is 4.98 Å². The van der Waals surface area contributed by atoms with Gasteiger partial charge in [0, 0.05) is 34.6 Å². The largest absolute Gasteiger partial charge is 0.489 e. The maximum absolute atomic E-state index is 11.8. The number of fused-ring (bicyclic) bond motifs is 4. The Morgan fingerprint density at radius 1 is 1.37 bits per heavy atom. The van der Waals surface area contributed by atoms with Gasteiger partial charge in [0.25, 0.3) is 0 Å². The van der Waals surface area contributed by atoms with Gasteiger partial charge in [-0.2, -0.15) is 0 Å². The SMILES string of the molecule is [N-]=[N+]=NC(=O)[C@H]1[C@H]2Oc3ccc(Oc4ccnc5c4CCC(=O)N5)cc3[C@@H]21. The van der Waals surface area contributed by atoms with Crippen LogP contribution in [0.3, 0.4) is 0 Å². The Balaban J connectivity index is 1.42. The molecule has 1 N–H and O–H groups in total. The number of azide groups is 1. The van der Waals surface area contributed by atoms with Crippen LogP contribution in [0.1, 0.15) is 23.5 Å². The van der Waals surface area contributed by atoms with Crippen molar-refractivity contribution >= 4 is 17.6 Å². The highest BCUT2D eigenvalue weighted by atomic mass is 16.5. The van der Waals surface area contributed by atoms with Crippen LogP contribution in [0.4, 0.5) is 5.82 Å². The van der Waals surface area contributed by atoms with E-state index in [0.717, 1.165) is 11.1 Å². The third-order valence-electron chi connectivity index (χ3n) is 5.09. The van der Waals surface area contributed by atoms with Crippen LogP contribution in [0, 0.1) is 5.92 Å². The fraction of sp³-hybridized carbons (Fsp3) is 0.278. The van der Waals surface area contributed by atoms with Gasteiger partial charge in [0.1, 0.15) is 29.2 Å². The standard InChI is InChI=1S/C18H13N5O4/c19-23-22-18(25)15-14-10-7-8(1-3-11(10)27-16(14)15)26-12-5-6-20-17-9(12)2-4-13(24)21-17/h1,3,5-7,14-16H,2,4H2,(H,20,21,24)/t14-,15-,16+/m1/s1. The minimum absolute atomic E-state index is 0.0580. The number of nitrogens with one attached hydrogen (secondary N) is 1. The van der Waals surface area contributed by atoms with Crippen molar-refractivity contribution in [2.45, 2.75) is 24.9 Å². The molecule has 9 nitrogen and oxygen atoms in total. The van der Waals surface area contributed by atoms with E-state index in [1.807, 2.05) is 6.07 Å². The van der Waals surface area contributed by atoms with Crippen molar-refractivity contribution in [2.75, 3.05) is 5.32 Å². The zero-order chi connectivity index (χ0) is 18.5. The van der Waals surface area contributed by atoms with Crippen molar-refractivity contribution < 1.29 is 19.1 Å². The zero-order valence-electron chi connectivity index (χ0n) is 14.0. The lowest BCUT2D eigenvalue weighted by atomic mass is 10.1. The van der Waals surface area contributed by atoms with Gasteiger partial charge >= 0.3 is 0 Å². The molecule has 27 heavy (non-hydrogen) atoms. The lowest BCUT2D eigenvalue weighted by Gasteiger charge is -2.19. The highest BCUT2D eigenvalue weighted by molar-refractivity contribution is 5.93. The van der Waals surface area contributed by atoms with Gasteiger partial charge < -0.3 is 14.8 Å². The van der Waals surface area contributed by atoms with Gasteiger partial charge in [0.2, 0.25) is 11.8 Å². The van der Waals surface area contributed by atoms with E-state index in [9.17, 15) is 9.59 Å². The topological polar surface area (TPSA) is 126 Å². The number of amides is 2. The van der Waals surface area contributed by atoms with E-state index in [0.29, 0.717) is 35.9 Å². The number of rotatable bonds is 3. The third kappa shape index (κ3) is 2.48. The molecule has 1 aliphatic carbocycles. The number of benzene rings is 1. The third-order valence-corrected chi connectivity index (χ3v) is 5.09. The molecular weight excluding hydrogens is 350 g/mol. The van der Waals surface area contributed by atoms with Crippen LogP contribution in [0.5, 0.6) is 17.2 Å². The van der Waals surface area contributed by atoms with Crippen molar-refractivity contribution in [3.05, 3.63) is 52.0 Å². The summed E-state index contributed by atoms with van der Waals surface area (Å²) in [6.07, 6.45) is 2.27. The smallest absolute Gasteiger partial charge is 0.226 e. The molecule has 0 saturated heterocycles. The number of pyridine rings is 1. The molecule has 5 rings (SSSR count). The molecule has 0 radical (unpaired) electrons. The fourth-order valence-electron chi connectivity index (χ4n) is 3.79. The quantitative estimate of drug-likeness (QED) is 0.509. The molecule has 1 saturated carbocycles. The second-order valence-corrected chi connectivity index (χ2v) is 6.65. The first-order chi connectivity index (χ1) is 13.2. The van der Waals surface area contributed by atoms with Crippen LogP contribution in [0.2, 0.25) is 0 Å². The molecule has 1 fully saturated rings. The van der Waals surface area contributed by atoms with E-state index in [-0.39, 0.29) is 17.9 Å². The maximum atomic E-state index is 11.8. The first-order valence-electron chi connectivity index (χ1n) is 8.51. The van der Waals surface area contributed by atoms with Gasteiger partial charge in [0.05, 0.1) is 5.92 Å². The molecular formula is C18H13N5O4. The van der Waals surface area contributed by atoms with E-state index < -0.39 is 11.8 Å². The number of carbonyl (C=O) groups excluding carboxylic acids is 2. The Bertz CT molecular complexity index is 1050. The Morgan fingerprint density at radius 2 is 2.26 bits per heavy atom. The molecule has 2 aliphatic heterocycles. The van der Waals surface area contributed by atoms with Crippen molar-refractivity contribution in [1.29, 1.82) is 0 Å². The highest BCUT2D eigenvalue weighted by Crippen LogP contribution is 2.59. The van der Waals surface area contributed by atoms with Gasteiger partial charge in [0.15, 0.2) is 0 Å². The summed E-state index contributed by atoms with van der Waals surface area (Å²) in [4.78, 5) is 30.1. The van der Waals surface area contributed by atoms with Gasteiger partial charge in [-0.15, -0.1) is 0 Å². The van der Waals surface area contributed by atoms with Crippen LogP contribution in [-0.4, -0.2) is 22.9 Å². The number of nitrogens with zero attached hydrogens (tertiary/aromatic N) is 4. The average Bonchev–Trinajstić information content (AvgIpc) is 3.25. The van der Waals surface area contributed by atoms with Crippen LogP contribution in [0.25, 0.3) is 10.4 Å². The maximum Gasteiger partial charge on any atom is 0.226 e. The molecule has 3 aliphatic rings. The average molecular weight is 363 g/mol. The Hall–Kier alpha value is -3.58. The minimum atomic E-state index is -0.497. The lowest BCUT2D eigenvalue weighted by molar-refractivity contribution is -0.120. The van der Waals surface area contributed by atoms with Crippen molar-refractivity contribution in [3.63, 3.8) is 0 Å². The first-order valence-corrected chi connectivity index (χ1v) is 8.51. The normalized spacial score (nSPS) is 23.7. The van der Waals surface area contributed by atoms with Gasteiger partial charge in [-0.25, -0.2) is 4.98 Å². The van der Waals surface area contributed by atoms with E-state index in [4.69, 9.17) is 15.0 Å². The summed E-state index contributed by atoms with van der Waals surface area (Å²) in [5.74, 6) is 1.39. The number of aromatic nitrogens is 1. The van der Waals surface area contributed by atoms with Gasteiger partial charge in [-0.3, -0.25) is 9.59 Å². The molecule has 134 valence electrons. The fourth-order valence-corrected chi connectivity index (χ4v) is 3.79. The molecule has 1 aromatic carbocycles. The summed E-state index contributed by atoms with van der Waals surface area (Å²) >= 11 is 0. The molecule has 3 atom stereocenters. The predicted molar refractivity (Wildman–Crippen MR) is 92.5 cm³/mol. The summed E-state index contributed by atoms with van der Waals surface area (Å²) < 4.78 is 11.8. The van der Waals surface area contributed by atoms with E-state index in [1.165, 1.54) is 0 Å². The van der Waals surface area contributed by atoms with Crippen LogP contribution in [0.15, 0.2) is 35.6 Å².